The van der Waals surface area contributed by atoms with Crippen molar-refractivity contribution in [1.29, 1.82) is 0 Å². The van der Waals surface area contributed by atoms with Crippen LogP contribution in [0.4, 0.5) is 5.69 Å². The zero-order chi connectivity index (χ0) is 22.5. The van der Waals surface area contributed by atoms with Gasteiger partial charge in [-0.05, 0) is 42.9 Å². The molecule has 2 N–H and O–H groups in total. The largest absolute Gasteiger partial charge is 0.497 e. The molecule has 32 heavy (non-hydrogen) atoms. The third-order valence-corrected chi connectivity index (χ3v) is 5.43. The molecule has 0 aliphatic rings. The summed E-state index contributed by atoms with van der Waals surface area (Å²) in [5, 5.41) is 3.75. The molecule has 0 spiro atoms. The quantitative estimate of drug-likeness (QED) is 0.401. The van der Waals surface area contributed by atoms with Gasteiger partial charge in [-0.15, -0.1) is 0 Å². The number of methoxy groups -OCH3 is 1. The first kappa shape index (κ1) is 21.3. The van der Waals surface area contributed by atoms with E-state index >= 15 is 0 Å². The first-order valence-corrected chi connectivity index (χ1v) is 10.4. The number of rotatable bonds is 8. The first-order chi connectivity index (χ1) is 15.6. The number of carbonyl (C=O) groups is 2. The molecule has 6 nitrogen and oxygen atoms in total. The van der Waals surface area contributed by atoms with Crippen LogP contribution < -0.4 is 10.1 Å². The van der Waals surface area contributed by atoms with E-state index in [2.05, 4.69) is 10.3 Å². The molecule has 0 unspecified atom stereocenters. The van der Waals surface area contributed by atoms with E-state index in [-0.39, 0.29) is 18.2 Å². The third kappa shape index (κ3) is 4.55. The molecule has 0 aliphatic heterocycles. The minimum Gasteiger partial charge on any atom is -0.497 e. The van der Waals surface area contributed by atoms with Gasteiger partial charge in [0, 0.05) is 28.4 Å². The van der Waals surface area contributed by atoms with Crippen molar-refractivity contribution in [2.45, 2.75) is 6.04 Å². The molecule has 0 saturated carbocycles. The van der Waals surface area contributed by atoms with Crippen LogP contribution in [-0.2, 0) is 4.79 Å². The molecule has 1 atom stereocenters. The highest BCUT2D eigenvalue weighted by Gasteiger charge is 2.29. The van der Waals surface area contributed by atoms with Crippen LogP contribution in [0.3, 0.4) is 0 Å². The summed E-state index contributed by atoms with van der Waals surface area (Å²) in [6.45, 7) is 0.0552. The Kier molecular flexibility index (Phi) is 6.33. The van der Waals surface area contributed by atoms with Crippen LogP contribution in [0.2, 0.25) is 0 Å². The number of nitrogens with one attached hydrogen (secondary N) is 2. The number of nitrogens with zero attached hydrogens (tertiary/aromatic N) is 1. The Balaban J connectivity index is 1.57. The Morgan fingerprint density at radius 3 is 2.38 bits per heavy atom. The lowest BCUT2D eigenvalue weighted by Crippen LogP contribution is -2.37. The first-order valence-electron chi connectivity index (χ1n) is 10.4. The highest BCUT2D eigenvalue weighted by molar-refractivity contribution is 6.10. The number of ether oxygens (including phenoxy) is 1. The van der Waals surface area contributed by atoms with Gasteiger partial charge in [-0.3, -0.25) is 14.5 Å². The lowest BCUT2D eigenvalue weighted by Gasteiger charge is -2.27. The molecule has 0 saturated heterocycles. The lowest BCUT2D eigenvalue weighted by atomic mass is 9.96. The number of amides is 1. The second-order valence-electron chi connectivity index (χ2n) is 7.62. The number of hydrogen-bond acceptors (Lipinski definition) is 4. The molecule has 3 aromatic carbocycles. The summed E-state index contributed by atoms with van der Waals surface area (Å²) in [5.74, 6) is 0.451. The van der Waals surface area contributed by atoms with Crippen LogP contribution in [0.25, 0.3) is 10.9 Å². The highest BCUT2D eigenvalue weighted by Crippen LogP contribution is 2.28. The number of likely N-dealkylation sites (N-methyl/N-ethyl adjacent to an activating group) is 1. The van der Waals surface area contributed by atoms with Gasteiger partial charge in [-0.25, -0.2) is 0 Å². The number of Topliss-reactive ketones (excluding diaryl/α,β-unsaturated/α-hetero) is 1. The summed E-state index contributed by atoms with van der Waals surface area (Å²) >= 11 is 0. The summed E-state index contributed by atoms with van der Waals surface area (Å²) < 4.78 is 5.15. The summed E-state index contributed by atoms with van der Waals surface area (Å²) in [5.41, 5.74) is 3.02. The van der Waals surface area contributed by atoms with Crippen molar-refractivity contribution in [1.82, 2.24) is 9.88 Å². The number of aromatic nitrogens is 1. The molecule has 1 aromatic heterocycles. The van der Waals surface area contributed by atoms with Crippen molar-refractivity contribution >= 4 is 28.3 Å². The maximum atomic E-state index is 13.7. The summed E-state index contributed by atoms with van der Waals surface area (Å²) in [6.07, 6.45) is 1.74. The van der Waals surface area contributed by atoms with Crippen LogP contribution in [0, 0.1) is 0 Å². The predicted molar refractivity (Wildman–Crippen MR) is 126 cm³/mol. The zero-order valence-corrected chi connectivity index (χ0v) is 18.0. The molecule has 4 rings (SSSR count). The summed E-state index contributed by atoms with van der Waals surface area (Å²) in [4.78, 5) is 31.3. The molecular weight excluding hydrogens is 402 g/mol. The normalized spacial score (nSPS) is 12.0. The van der Waals surface area contributed by atoms with Gasteiger partial charge in [0.15, 0.2) is 5.78 Å². The van der Waals surface area contributed by atoms with Gasteiger partial charge >= 0.3 is 0 Å². The Labute approximate surface area is 186 Å². The Bertz CT molecular complexity index is 1220. The fraction of sp³-hybridized carbons (Fsp3) is 0.154. The molecular formula is C26H25N3O3. The Hall–Kier alpha value is -3.90. The SMILES string of the molecule is COc1ccc(NC(=O)CN(C)[C@H](C(=O)c2c[nH]c3ccccc23)c2ccccc2)cc1. The van der Waals surface area contributed by atoms with Gasteiger partial charge in [0.25, 0.3) is 0 Å². The monoisotopic (exact) mass is 427 g/mol. The van der Waals surface area contributed by atoms with E-state index in [0.29, 0.717) is 17.0 Å². The molecule has 0 bridgehead atoms. The van der Waals surface area contributed by atoms with E-state index in [1.807, 2.05) is 54.6 Å². The number of carbonyl (C=O) groups excluding carboxylic acids is 2. The third-order valence-electron chi connectivity index (χ3n) is 5.43. The van der Waals surface area contributed by atoms with Crippen molar-refractivity contribution in [2.24, 2.45) is 0 Å². The van der Waals surface area contributed by atoms with Crippen molar-refractivity contribution in [2.75, 3.05) is 26.0 Å². The minimum atomic E-state index is -0.600. The number of ketones is 1. The summed E-state index contributed by atoms with van der Waals surface area (Å²) in [7, 11) is 3.38. The average Bonchev–Trinajstić information content (AvgIpc) is 3.24. The molecule has 0 fully saturated rings. The van der Waals surface area contributed by atoms with Gasteiger partial charge in [-0.1, -0.05) is 48.5 Å². The van der Waals surface area contributed by atoms with Crippen molar-refractivity contribution in [3.8, 4) is 5.75 Å². The van der Waals surface area contributed by atoms with Crippen molar-refractivity contribution < 1.29 is 14.3 Å². The second kappa shape index (κ2) is 9.49. The second-order valence-corrected chi connectivity index (χ2v) is 7.62. The number of benzene rings is 3. The van der Waals surface area contributed by atoms with Gasteiger partial charge in [-0.2, -0.15) is 0 Å². The fourth-order valence-corrected chi connectivity index (χ4v) is 3.86. The molecule has 162 valence electrons. The zero-order valence-electron chi connectivity index (χ0n) is 18.0. The maximum absolute atomic E-state index is 13.7. The molecule has 4 aromatic rings. The number of fused-ring (bicyclic) bond motifs is 1. The van der Waals surface area contributed by atoms with Crippen LogP contribution in [0.15, 0.2) is 85.1 Å². The van der Waals surface area contributed by atoms with Gasteiger partial charge in [0.2, 0.25) is 5.91 Å². The molecule has 1 heterocycles. The lowest BCUT2D eigenvalue weighted by molar-refractivity contribution is -0.117. The van der Waals surface area contributed by atoms with Crippen molar-refractivity contribution in [3.63, 3.8) is 0 Å². The number of para-hydroxylation sites is 1. The van der Waals surface area contributed by atoms with Crippen LogP contribution in [-0.4, -0.2) is 42.3 Å². The molecule has 6 heteroatoms. The van der Waals surface area contributed by atoms with E-state index in [1.54, 1.807) is 49.5 Å². The predicted octanol–water partition coefficient (Wildman–Crippen LogP) is 4.67. The number of aromatic amines is 1. The van der Waals surface area contributed by atoms with Gasteiger partial charge < -0.3 is 15.0 Å². The number of anilines is 1. The highest BCUT2D eigenvalue weighted by atomic mass is 16.5. The van der Waals surface area contributed by atoms with E-state index in [0.717, 1.165) is 16.5 Å². The topological polar surface area (TPSA) is 74.4 Å². The Morgan fingerprint density at radius 2 is 1.66 bits per heavy atom. The maximum Gasteiger partial charge on any atom is 0.238 e. The van der Waals surface area contributed by atoms with Crippen LogP contribution in [0.5, 0.6) is 5.75 Å². The van der Waals surface area contributed by atoms with Crippen LogP contribution >= 0.6 is 0 Å². The van der Waals surface area contributed by atoms with Gasteiger partial charge in [0.05, 0.1) is 19.7 Å². The van der Waals surface area contributed by atoms with E-state index < -0.39 is 6.04 Å². The van der Waals surface area contributed by atoms with E-state index in [1.165, 1.54) is 0 Å². The number of hydrogen-bond donors (Lipinski definition) is 2. The molecule has 0 radical (unpaired) electrons. The van der Waals surface area contributed by atoms with Gasteiger partial charge in [0.1, 0.15) is 5.75 Å². The standard InChI is InChI=1S/C26H25N3O3/c1-29(17-24(30)28-19-12-14-20(32-2)15-13-19)25(18-8-4-3-5-9-18)26(31)22-16-27-23-11-7-6-10-21(22)23/h3-16,25,27H,17H2,1-2H3,(H,28,30)/t25-/m0/s1. The summed E-state index contributed by atoms with van der Waals surface area (Å²) in [6, 6.07) is 23.8. The number of H-pyrrole nitrogens is 1. The van der Waals surface area contributed by atoms with Crippen LogP contribution in [0.1, 0.15) is 22.0 Å². The fourth-order valence-electron chi connectivity index (χ4n) is 3.86. The smallest absolute Gasteiger partial charge is 0.238 e. The molecule has 1 amide bonds. The van der Waals surface area contributed by atoms with Crippen molar-refractivity contribution in [3.05, 3.63) is 96.2 Å². The van der Waals surface area contributed by atoms with E-state index in [4.69, 9.17) is 4.74 Å². The Morgan fingerprint density at radius 1 is 0.969 bits per heavy atom. The van der Waals surface area contributed by atoms with E-state index in [9.17, 15) is 9.59 Å². The average molecular weight is 428 g/mol. The molecule has 0 aliphatic carbocycles. The minimum absolute atomic E-state index is 0.0552.